The molecule has 1 aliphatic carbocycles. The first kappa shape index (κ1) is 10.4. The van der Waals surface area contributed by atoms with E-state index in [-0.39, 0.29) is 0 Å². The fraction of sp³-hybridized carbons (Fsp3) is 0.357. The SMILES string of the molecule is Cc1nn(-c2ccc(O)cc2)c2c1CCCC2. The van der Waals surface area contributed by atoms with E-state index in [4.69, 9.17) is 0 Å². The lowest BCUT2D eigenvalue weighted by Crippen LogP contribution is -2.07. The summed E-state index contributed by atoms with van der Waals surface area (Å²) in [6.07, 6.45) is 4.78. The van der Waals surface area contributed by atoms with Crippen LogP contribution in [-0.2, 0) is 12.8 Å². The number of phenolic OH excluding ortho intramolecular Hbond substituents is 1. The third-order valence-corrected chi connectivity index (χ3v) is 3.48. The van der Waals surface area contributed by atoms with Crippen LogP contribution < -0.4 is 0 Å². The number of phenols is 1. The number of aromatic hydroxyl groups is 1. The number of aryl methyl sites for hydroxylation is 1. The van der Waals surface area contributed by atoms with Gasteiger partial charge in [0, 0.05) is 5.69 Å². The van der Waals surface area contributed by atoms with Gasteiger partial charge in [0.2, 0.25) is 0 Å². The van der Waals surface area contributed by atoms with E-state index < -0.39 is 0 Å². The fourth-order valence-electron chi connectivity index (χ4n) is 2.59. The molecule has 0 spiro atoms. The van der Waals surface area contributed by atoms with Crippen LogP contribution in [0, 0.1) is 6.92 Å². The van der Waals surface area contributed by atoms with Gasteiger partial charge in [0.15, 0.2) is 0 Å². The number of benzene rings is 1. The van der Waals surface area contributed by atoms with Gasteiger partial charge < -0.3 is 5.11 Å². The molecule has 3 heteroatoms. The second kappa shape index (κ2) is 3.91. The monoisotopic (exact) mass is 228 g/mol. The highest BCUT2D eigenvalue weighted by Gasteiger charge is 2.18. The molecule has 0 unspecified atom stereocenters. The van der Waals surface area contributed by atoms with Gasteiger partial charge in [-0.25, -0.2) is 4.68 Å². The van der Waals surface area contributed by atoms with Crippen LogP contribution in [0.4, 0.5) is 0 Å². The molecule has 3 nitrogen and oxygen atoms in total. The maximum Gasteiger partial charge on any atom is 0.115 e. The Balaban J connectivity index is 2.11. The summed E-state index contributed by atoms with van der Waals surface area (Å²) in [6.45, 7) is 2.08. The Morgan fingerprint density at radius 1 is 1.12 bits per heavy atom. The number of nitrogens with zero attached hydrogens (tertiary/aromatic N) is 2. The molecule has 0 radical (unpaired) electrons. The number of fused-ring (bicyclic) bond motifs is 1. The van der Waals surface area contributed by atoms with Gasteiger partial charge in [-0.2, -0.15) is 5.10 Å². The predicted octanol–water partition coefficient (Wildman–Crippen LogP) is 2.77. The van der Waals surface area contributed by atoms with E-state index in [1.165, 1.54) is 24.1 Å². The first-order chi connectivity index (χ1) is 8.25. The summed E-state index contributed by atoms with van der Waals surface area (Å²) in [4.78, 5) is 0. The van der Waals surface area contributed by atoms with Crippen LogP contribution in [0.15, 0.2) is 24.3 Å². The molecule has 0 saturated carbocycles. The summed E-state index contributed by atoms with van der Waals surface area (Å²) in [6, 6.07) is 7.25. The minimum absolute atomic E-state index is 0.298. The average Bonchev–Trinajstić information content (AvgIpc) is 2.69. The number of aromatic nitrogens is 2. The summed E-state index contributed by atoms with van der Waals surface area (Å²) in [5.74, 6) is 0.298. The van der Waals surface area contributed by atoms with E-state index in [2.05, 4.69) is 12.0 Å². The fourth-order valence-corrected chi connectivity index (χ4v) is 2.59. The van der Waals surface area contributed by atoms with E-state index in [9.17, 15) is 5.11 Å². The molecule has 0 amide bonds. The lowest BCUT2D eigenvalue weighted by atomic mass is 9.96. The maximum absolute atomic E-state index is 9.32. The first-order valence-electron chi connectivity index (χ1n) is 6.12. The minimum atomic E-state index is 0.298. The van der Waals surface area contributed by atoms with Crippen LogP contribution in [0.1, 0.15) is 29.8 Å². The zero-order valence-corrected chi connectivity index (χ0v) is 9.98. The molecule has 3 rings (SSSR count). The van der Waals surface area contributed by atoms with Crippen molar-refractivity contribution in [2.75, 3.05) is 0 Å². The van der Waals surface area contributed by atoms with Crippen molar-refractivity contribution in [2.24, 2.45) is 0 Å². The van der Waals surface area contributed by atoms with Crippen molar-refractivity contribution in [1.82, 2.24) is 9.78 Å². The highest BCUT2D eigenvalue weighted by Crippen LogP contribution is 2.26. The van der Waals surface area contributed by atoms with Crippen LogP contribution in [0.2, 0.25) is 0 Å². The van der Waals surface area contributed by atoms with Crippen molar-refractivity contribution in [3.63, 3.8) is 0 Å². The molecule has 1 aromatic heterocycles. The van der Waals surface area contributed by atoms with Crippen molar-refractivity contribution < 1.29 is 5.11 Å². The van der Waals surface area contributed by atoms with Crippen LogP contribution in [0.25, 0.3) is 5.69 Å². The molecule has 17 heavy (non-hydrogen) atoms. The molecule has 1 N–H and O–H groups in total. The Labute approximate surface area is 101 Å². The smallest absolute Gasteiger partial charge is 0.115 e. The van der Waals surface area contributed by atoms with Crippen molar-refractivity contribution in [3.8, 4) is 11.4 Å². The third kappa shape index (κ3) is 1.71. The third-order valence-electron chi connectivity index (χ3n) is 3.48. The molecule has 0 atom stereocenters. The molecule has 1 aliphatic rings. The summed E-state index contributed by atoms with van der Waals surface area (Å²) in [7, 11) is 0. The molecule has 1 aromatic carbocycles. The van der Waals surface area contributed by atoms with Gasteiger partial charge in [-0.3, -0.25) is 0 Å². The highest BCUT2D eigenvalue weighted by atomic mass is 16.3. The summed E-state index contributed by atoms with van der Waals surface area (Å²) in [5.41, 5.74) is 4.95. The average molecular weight is 228 g/mol. The van der Waals surface area contributed by atoms with E-state index in [1.807, 2.05) is 16.8 Å². The van der Waals surface area contributed by atoms with Gasteiger partial charge in [-0.15, -0.1) is 0 Å². The molecule has 0 bridgehead atoms. The molecule has 88 valence electrons. The first-order valence-corrected chi connectivity index (χ1v) is 6.12. The molecule has 0 fully saturated rings. The standard InChI is InChI=1S/C14H16N2O/c1-10-13-4-2-3-5-14(13)16(15-10)11-6-8-12(17)9-7-11/h6-9,17H,2-5H2,1H3. The van der Waals surface area contributed by atoms with Crippen molar-refractivity contribution in [2.45, 2.75) is 32.6 Å². The molecule has 0 aliphatic heterocycles. The zero-order chi connectivity index (χ0) is 11.8. The summed E-state index contributed by atoms with van der Waals surface area (Å²) < 4.78 is 2.03. The van der Waals surface area contributed by atoms with E-state index in [0.717, 1.165) is 24.2 Å². The highest BCUT2D eigenvalue weighted by molar-refractivity contribution is 5.41. The van der Waals surface area contributed by atoms with Crippen molar-refractivity contribution >= 4 is 0 Å². The van der Waals surface area contributed by atoms with Gasteiger partial charge >= 0.3 is 0 Å². The lowest BCUT2D eigenvalue weighted by molar-refractivity contribution is 0.475. The quantitative estimate of drug-likeness (QED) is 0.815. The molecule has 2 aromatic rings. The van der Waals surface area contributed by atoms with E-state index >= 15 is 0 Å². The Morgan fingerprint density at radius 2 is 1.82 bits per heavy atom. The minimum Gasteiger partial charge on any atom is -0.508 e. The molecular formula is C14H16N2O. The Kier molecular flexibility index (Phi) is 2.39. The van der Waals surface area contributed by atoms with Crippen molar-refractivity contribution in [3.05, 3.63) is 41.2 Å². The van der Waals surface area contributed by atoms with Gasteiger partial charge in [0.25, 0.3) is 0 Å². The second-order valence-electron chi connectivity index (χ2n) is 4.65. The molecule has 1 heterocycles. The molecule has 0 saturated heterocycles. The number of hydrogen-bond acceptors (Lipinski definition) is 2. The normalized spacial score (nSPS) is 14.6. The van der Waals surface area contributed by atoms with Gasteiger partial charge in [-0.05, 0) is 62.4 Å². The topological polar surface area (TPSA) is 38.0 Å². The van der Waals surface area contributed by atoms with Gasteiger partial charge in [0.1, 0.15) is 5.75 Å². The molecular weight excluding hydrogens is 212 g/mol. The number of hydrogen-bond donors (Lipinski definition) is 1. The Bertz CT molecular complexity index is 540. The van der Waals surface area contributed by atoms with Crippen molar-refractivity contribution in [1.29, 1.82) is 0 Å². The summed E-state index contributed by atoms with van der Waals surface area (Å²) >= 11 is 0. The van der Waals surface area contributed by atoms with Gasteiger partial charge in [-0.1, -0.05) is 0 Å². The maximum atomic E-state index is 9.32. The van der Waals surface area contributed by atoms with E-state index in [1.54, 1.807) is 12.1 Å². The zero-order valence-electron chi connectivity index (χ0n) is 9.98. The number of rotatable bonds is 1. The Hall–Kier alpha value is -1.77. The van der Waals surface area contributed by atoms with Crippen LogP contribution in [-0.4, -0.2) is 14.9 Å². The largest absolute Gasteiger partial charge is 0.508 e. The van der Waals surface area contributed by atoms with Crippen LogP contribution >= 0.6 is 0 Å². The summed E-state index contributed by atoms with van der Waals surface area (Å²) in [5, 5.41) is 13.9. The second-order valence-corrected chi connectivity index (χ2v) is 4.65. The van der Waals surface area contributed by atoms with Crippen LogP contribution in [0.5, 0.6) is 5.75 Å². The van der Waals surface area contributed by atoms with Gasteiger partial charge in [0.05, 0.1) is 11.4 Å². The lowest BCUT2D eigenvalue weighted by Gasteiger charge is -2.14. The predicted molar refractivity (Wildman–Crippen MR) is 66.6 cm³/mol. The van der Waals surface area contributed by atoms with Crippen LogP contribution in [0.3, 0.4) is 0 Å². The Morgan fingerprint density at radius 3 is 2.59 bits per heavy atom. The van der Waals surface area contributed by atoms with E-state index in [0.29, 0.717) is 5.75 Å².